The van der Waals surface area contributed by atoms with Crippen LogP contribution in [0.2, 0.25) is 0 Å². The van der Waals surface area contributed by atoms with Gasteiger partial charge in [0.1, 0.15) is 5.82 Å². The van der Waals surface area contributed by atoms with Gasteiger partial charge in [-0.2, -0.15) is 0 Å². The van der Waals surface area contributed by atoms with Crippen LogP contribution in [0.25, 0.3) is 22.2 Å². The third-order valence-corrected chi connectivity index (χ3v) is 3.32. The van der Waals surface area contributed by atoms with Crippen molar-refractivity contribution in [2.75, 3.05) is 0 Å². The fraction of sp³-hybridized carbons (Fsp3) is 0.333. The summed E-state index contributed by atoms with van der Waals surface area (Å²) in [4.78, 5) is 7.83. The fourth-order valence-corrected chi connectivity index (χ4v) is 2.14. The highest BCUT2D eigenvalue weighted by Gasteiger charge is 2.19. The number of aromatic nitrogens is 3. The van der Waals surface area contributed by atoms with Crippen LogP contribution in [-0.4, -0.2) is 15.1 Å². The zero-order valence-electron chi connectivity index (χ0n) is 11.6. The molecule has 0 aliphatic heterocycles. The van der Waals surface area contributed by atoms with Crippen molar-refractivity contribution in [3.8, 4) is 11.3 Å². The van der Waals surface area contributed by atoms with E-state index in [4.69, 9.17) is 4.52 Å². The van der Waals surface area contributed by atoms with E-state index in [1.165, 1.54) is 0 Å². The van der Waals surface area contributed by atoms with Crippen LogP contribution in [0.3, 0.4) is 0 Å². The number of aryl methyl sites for hydroxylation is 1. The van der Waals surface area contributed by atoms with E-state index < -0.39 is 0 Å². The lowest BCUT2D eigenvalue weighted by molar-refractivity contribution is 0.457. The molecule has 0 saturated carbocycles. The first-order valence-electron chi connectivity index (χ1n) is 6.36. The van der Waals surface area contributed by atoms with Crippen molar-refractivity contribution in [1.29, 1.82) is 0 Å². The second-order valence-electron chi connectivity index (χ2n) is 5.89. The summed E-state index contributed by atoms with van der Waals surface area (Å²) in [6, 6.07) is 4.12. The Labute approximate surface area is 111 Å². The molecule has 3 rings (SSSR count). The number of rotatable bonds is 1. The van der Waals surface area contributed by atoms with Gasteiger partial charge in [-0.05, 0) is 18.6 Å². The highest BCUT2D eigenvalue weighted by molar-refractivity contribution is 5.92. The van der Waals surface area contributed by atoms with Crippen molar-refractivity contribution < 1.29 is 4.52 Å². The Balaban J connectivity index is 2.17. The van der Waals surface area contributed by atoms with E-state index in [1.807, 2.05) is 12.3 Å². The molecule has 0 spiro atoms. The monoisotopic (exact) mass is 255 g/mol. The van der Waals surface area contributed by atoms with Crippen molar-refractivity contribution >= 4 is 11.0 Å². The largest absolute Gasteiger partial charge is 0.356 e. The molecule has 3 aromatic rings. The van der Waals surface area contributed by atoms with E-state index in [9.17, 15) is 0 Å². The van der Waals surface area contributed by atoms with Gasteiger partial charge in [-0.3, -0.25) is 0 Å². The predicted octanol–water partition coefficient (Wildman–Crippen LogP) is 3.82. The van der Waals surface area contributed by atoms with Crippen LogP contribution in [0.4, 0.5) is 0 Å². The van der Waals surface area contributed by atoms with Gasteiger partial charge in [-0.1, -0.05) is 32.0 Å². The summed E-state index contributed by atoms with van der Waals surface area (Å²) in [7, 11) is 0. The van der Waals surface area contributed by atoms with Crippen molar-refractivity contribution in [3.05, 3.63) is 35.9 Å². The van der Waals surface area contributed by atoms with Crippen LogP contribution in [0, 0.1) is 6.92 Å². The molecule has 0 aliphatic carbocycles. The Morgan fingerprint density at radius 2 is 1.95 bits per heavy atom. The zero-order chi connectivity index (χ0) is 13.6. The van der Waals surface area contributed by atoms with Crippen LogP contribution in [0.1, 0.15) is 32.2 Å². The third kappa shape index (κ3) is 1.93. The van der Waals surface area contributed by atoms with Gasteiger partial charge in [-0.25, -0.2) is 4.98 Å². The minimum absolute atomic E-state index is 0.00345. The van der Waals surface area contributed by atoms with Gasteiger partial charge in [0.25, 0.3) is 0 Å². The molecule has 0 amide bonds. The highest BCUT2D eigenvalue weighted by Crippen LogP contribution is 2.30. The van der Waals surface area contributed by atoms with E-state index in [0.717, 1.165) is 33.6 Å². The standard InChI is InChI=1S/C15H17N3O/c1-9-5-6-10(13-11(9)7-17-19-13)12-8-16-14(18-12)15(2,3)4/h5-8H,1-4H3,(H,16,18). The first-order valence-corrected chi connectivity index (χ1v) is 6.36. The number of H-pyrrole nitrogens is 1. The Bertz CT molecular complexity index is 731. The summed E-state index contributed by atoms with van der Waals surface area (Å²) in [5.41, 5.74) is 3.94. The Morgan fingerprint density at radius 1 is 1.16 bits per heavy atom. The van der Waals surface area contributed by atoms with E-state index in [2.05, 4.69) is 48.9 Å². The van der Waals surface area contributed by atoms with Crippen molar-refractivity contribution in [2.45, 2.75) is 33.1 Å². The van der Waals surface area contributed by atoms with Crippen molar-refractivity contribution in [2.24, 2.45) is 0 Å². The summed E-state index contributed by atoms with van der Waals surface area (Å²) in [6.45, 7) is 8.45. The molecule has 0 radical (unpaired) electrons. The van der Waals surface area contributed by atoms with Crippen LogP contribution in [0.5, 0.6) is 0 Å². The average molecular weight is 255 g/mol. The fourth-order valence-electron chi connectivity index (χ4n) is 2.14. The molecule has 1 aromatic carbocycles. The number of benzene rings is 1. The molecule has 4 heteroatoms. The number of hydrogen-bond acceptors (Lipinski definition) is 3. The number of nitrogens with one attached hydrogen (secondary N) is 1. The molecular weight excluding hydrogens is 238 g/mol. The van der Waals surface area contributed by atoms with Gasteiger partial charge in [0.05, 0.1) is 18.1 Å². The van der Waals surface area contributed by atoms with E-state index in [0.29, 0.717) is 0 Å². The van der Waals surface area contributed by atoms with Gasteiger partial charge in [0.15, 0.2) is 5.58 Å². The molecule has 2 aromatic heterocycles. The summed E-state index contributed by atoms with van der Waals surface area (Å²) < 4.78 is 5.38. The normalized spacial score (nSPS) is 12.2. The molecule has 0 fully saturated rings. The third-order valence-electron chi connectivity index (χ3n) is 3.32. The lowest BCUT2D eigenvalue weighted by Crippen LogP contribution is -2.13. The van der Waals surface area contributed by atoms with Gasteiger partial charge in [0, 0.05) is 16.4 Å². The topological polar surface area (TPSA) is 54.7 Å². The first kappa shape index (κ1) is 12.0. The lowest BCUT2D eigenvalue weighted by Gasteiger charge is -2.14. The second-order valence-corrected chi connectivity index (χ2v) is 5.89. The Morgan fingerprint density at radius 3 is 2.63 bits per heavy atom. The molecular formula is C15H17N3O. The minimum Gasteiger partial charge on any atom is -0.356 e. The molecule has 0 aliphatic rings. The molecule has 2 heterocycles. The summed E-state index contributed by atoms with van der Waals surface area (Å²) in [6.07, 6.45) is 3.61. The average Bonchev–Trinajstić information content (AvgIpc) is 2.97. The molecule has 0 bridgehead atoms. The molecule has 0 atom stereocenters. The number of hydrogen-bond donors (Lipinski definition) is 1. The number of fused-ring (bicyclic) bond motifs is 1. The first-order chi connectivity index (χ1) is 8.97. The molecule has 19 heavy (non-hydrogen) atoms. The SMILES string of the molecule is Cc1ccc(-c2cnc(C(C)(C)C)[nH]2)c2oncc12. The molecule has 98 valence electrons. The summed E-state index contributed by atoms with van der Waals surface area (Å²) in [5, 5.41) is 4.94. The van der Waals surface area contributed by atoms with E-state index >= 15 is 0 Å². The summed E-state index contributed by atoms with van der Waals surface area (Å²) >= 11 is 0. The maximum atomic E-state index is 5.38. The maximum absolute atomic E-state index is 5.38. The quantitative estimate of drug-likeness (QED) is 0.719. The Kier molecular flexibility index (Phi) is 2.49. The smallest absolute Gasteiger partial charge is 0.176 e. The van der Waals surface area contributed by atoms with Gasteiger partial charge < -0.3 is 9.51 Å². The van der Waals surface area contributed by atoms with Crippen LogP contribution >= 0.6 is 0 Å². The van der Waals surface area contributed by atoms with Crippen LogP contribution < -0.4 is 0 Å². The second kappa shape index (κ2) is 3.95. The number of aromatic amines is 1. The predicted molar refractivity (Wildman–Crippen MR) is 75.0 cm³/mol. The minimum atomic E-state index is 0.00345. The Hall–Kier alpha value is -2.10. The number of imidazole rings is 1. The highest BCUT2D eigenvalue weighted by atomic mass is 16.5. The molecule has 0 unspecified atom stereocenters. The van der Waals surface area contributed by atoms with E-state index in [1.54, 1.807) is 6.20 Å². The van der Waals surface area contributed by atoms with Crippen molar-refractivity contribution in [3.63, 3.8) is 0 Å². The summed E-state index contributed by atoms with van der Waals surface area (Å²) in [5.74, 6) is 0.968. The lowest BCUT2D eigenvalue weighted by atomic mass is 9.96. The number of nitrogens with zero attached hydrogens (tertiary/aromatic N) is 2. The van der Waals surface area contributed by atoms with Crippen LogP contribution in [-0.2, 0) is 5.41 Å². The van der Waals surface area contributed by atoms with Gasteiger partial charge in [0.2, 0.25) is 0 Å². The molecule has 1 N–H and O–H groups in total. The maximum Gasteiger partial charge on any atom is 0.176 e. The zero-order valence-corrected chi connectivity index (χ0v) is 11.6. The van der Waals surface area contributed by atoms with E-state index in [-0.39, 0.29) is 5.41 Å². The van der Waals surface area contributed by atoms with Gasteiger partial charge in [-0.15, -0.1) is 0 Å². The van der Waals surface area contributed by atoms with Crippen molar-refractivity contribution in [1.82, 2.24) is 15.1 Å². The molecule has 4 nitrogen and oxygen atoms in total. The van der Waals surface area contributed by atoms with Crippen LogP contribution in [0.15, 0.2) is 29.0 Å². The molecule has 0 saturated heterocycles. The van der Waals surface area contributed by atoms with Gasteiger partial charge >= 0.3 is 0 Å².